The van der Waals surface area contributed by atoms with Gasteiger partial charge in [0.15, 0.2) is 5.13 Å². The molecule has 6 nitrogen and oxygen atoms in total. The summed E-state index contributed by atoms with van der Waals surface area (Å²) >= 11 is 1.47. The lowest BCUT2D eigenvalue weighted by molar-refractivity contribution is -0.139. The van der Waals surface area contributed by atoms with Gasteiger partial charge >= 0.3 is 5.97 Å². The number of nitrogens with zero attached hydrogens (tertiary/aromatic N) is 1. The summed E-state index contributed by atoms with van der Waals surface area (Å²) in [6.07, 6.45) is 4.52. The molecule has 0 radical (unpaired) electrons. The molecule has 2 atom stereocenters. The number of aromatic nitrogens is 1. The van der Waals surface area contributed by atoms with Crippen molar-refractivity contribution < 1.29 is 14.7 Å². The first-order valence-electron chi connectivity index (χ1n) is 7.34. The first-order valence-corrected chi connectivity index (χ1v) is 8.15. The number of rotatable bonds is 5. The molecule has 1 saturated carbocycles. The summed E-state index contributed by atoms with van der Waals surface area (Å²) in [5, 5.41) is 15.9. The molecule has 3 rings (SSSR count). The Hall–Kier alpha value is -1.63. The number of amides is 1. The van der Waals surface area contributed by atoms with E-state index in [2.05, 4.69) is 15.6 Å². The summed E-state index contributed by atoms with van der Waals surface area (Å²) in [5.41, 5.74) is 0.677. The molecule has 0 bridgehead atoms. The van der Waals surface area contributed by atoms with Gasteiger partial charge in [-0.05, 0) is 39.0 Å². The van der Waals surface area contributed by atoms with E-state index in [-0.39, 0.29) is 11.9 Å². The molecule has 1 fully saturated rings. The third-order valence-corrected chi connectivity index (χ3v) is 4.97. The number of hydrogen-bond acceptors (Lipinski definition) is 5. The summed E-state index contributed by atoms with van der Waals surface area (Å²) in [7, 11) is 0. The van der Waals surface area contributed by atoms with E-state index in [1.165, 1.54) is 11.3 Å². The van der Waals surface area contributed by atoms with Crippen LogP contribution in [0.1, 0.15) is 49.1 Å². The Balaban J connectivity index is 1.68. The van der Waals surface area contributed by atoms with Crippen LogP contribution >= 0.6 is 11.3 Å². The Morgan fingerprint density at radius 2 is 2.14 bits per heavy atom. The van der Waals surface area contributed by atoms with Crippen LogP contribution in [0.4, 0.5) is 5.13 Å². The zero-order valence-corrected chi connectivity index (χ0v) is 12.7. The molecule has 3 N–H and O–H groups in total. The number of anilines is 1. The zero-order valence-electron chi connectivity index (χ0n) is 11.9. The third-order valence-electron chi connectivity index (χ3n) is 3.91. The highest BCUT2D eigenvalue weighted by molar-refractivity contribution is 7.15. The first-order chi connectivity index (χ1) is 10.0. The predicted molar refractivity (Wildman–Crippen MR) is 79.7 cm³/mol. The van der Waals surface area contributed by atoms with Crippen LogP contribution in [-0.2, 0) is 16.0 Å². The summed E-state index contributed by atoms with van der Waals surface area (Å²) in [6.45, 7) is 1.80. The minimum atomic E-state index is -0.813. The third kappa shape index (κ3) is 3.18. The second kappa shape index (κ2) is 5.63. The van der Waals surface area contributed by atoms with E-state index in [0.717, 1.165) is 30.6 Å². The topological polar surface area (TPSA) is 91.3 Å². The van der Waals surface area contributed by atoms with Gasteiger partial charge in [-0.1, -0.05) is 0 Å². The fraction of sp³-hybridized carbons (Fsp3) is 0.643. The minimum Gasteiger partial charge on any atom is -0.481 e. The fourth-order valence-electron chi connectivity index (χ4n) is 2.53. The molecule has 1 amide bonds. The van der Waals surface area contributed by atoms with Crippen LogP contribution in [0.2, 0.25) is 0 Å². The molecular formula is C14H19N3O3S. The molecule has 1 heterocycles. The van der Waals surface area contributed by atoms with Crippen molar-refractivity contribution in [2.45, 2.75) is 57.0 Å². The van der Waals surface area contributed by atoms with Gasteiger partial charge in [0.05, 0.1) is 5.69 Å². The number of carbonyl (C=O) groups excluding carboxylic acids is 1. The van der Waals surface area contributed by atoms with Gasteiger partial charge in [0.2, 0.25) is 5.91 Å². The van der Waals surface area contributed by atoms with Gasteiger partial charge in [-0.3, -0.25) is 9.59 Å². The van der Waals surface area contributed by atoms with Crippen molar-refractivity contribution in [3.05, 3.63) is 10.6 Å². The van der Waals surface area contributed by atoms with Gasteiger partial charge in [0.1, 0.15) is 12.0 Å². The van der Waals surface area contributed by atoms with Crippen LogP contribution in [0.15, 0.2) is 0 Å². The van der Waals surface area contributed by atoms with Crippen molar-refractivity contribution >= 4 is 28.3 Å². The molecule has 2 aliphatic carbocycles. The van der Waals surface area contributed by atoms with E-state index < -0.39 is 11.9 Å². The molecule has 0 spiro atoms. The fourth-order valence-corrected chi connectivity index (χ4v) is 3.68. The predicted octanol–water partition coefficient (Wildman–Crippen LogP) is 1.73. The molecule has 1 aromatic heterocycles. The lowest BCUT2D eigenvalue weighted by Crippen LogP contribution is -2.38. The van der Waals surface area contributed by atoms with Crippen LogP contribution in [0.3, 0.4) is 0 Å². The number of carboxylic acid groups (broad SMARTS) is 1. The Labute approximate surface area is 127 Å². The van der Waals surface area contributed by atoms with E-state index in [0.29, 0.717) is 23.3 Å². The minimum absolute atomic E-state index is 0.0274. The van der Waals surface area contributed by atoms with Gasteiger partial charge in [-0.15, -0.1) is 11.3 Å². The van der Waals surface area contributed by atoms with Crippen molar-refractivity contribution in [2.75, 3.05) is 5.32 Å². The number of carbonyl (C=O) groups is 2. The van der Waals surface area contributed by atoms with Gasteiger partial charge in [0.25, 0.3) is 0 Å². The quantitative estimate of drug-likeness (QED) is 0.770. The molecule has 1 aromatic rings. The highest BCUT2D eigenvalue weighted by atomic mass is 32.1. The van der Waals surface area contributed by atoms with Gasteiger partial charge < -0.3 is 15.7 Å². The second-order valence-corrected chi connectivity index (χ2v) is 6.84. The van der Waals surface area contributed by atoms with Crippen molar-refractivity contribution in [2.24, 2.45) is 0 Å². The Morgan fingerprint density at radius 1 is 1.38 bits per heavy atom. The summed E-state index contributed by atoms with van der Waals surface area (Å²) in [6, 6.07) is -0.0240. The summed E-state index contributed by atoms with van der Waals surface area (Å²) in [4.78, 5) is 28.6. The van der Waals surface area contributed by atoms with Gasteiger partial charge in [0, 0.05) is 10.9 Å². The average Bonchev–Trinajstić information content (AvgIpc) is 3.15. The van der Waals surface area contributed by atoms with E-state index in [4.69, 9.17) is 0 Å². The lowest BCUT2D eigenvalue weighted by atomic mass is 9.91. The van der Waals surface area contributed by atoms with Gasteiger partial charge in [-0.25, -0.2) is 4.98 Å². The number of aliphatic carboxylic acids is 1. The van der Waals surface area contributed by atoms with Crippen molar-refractivity contribution in [1.82, 2.24) is 10.3 Å². The summed E-state index contributed by atoms with van der Waals surface area (Å²) in [5.74, 6) is -1.34. The number of nitrogens with one attached hydrogen (secondary N) is 2. The molecule has 21 heavy (non-hydrogen) atoms. The number of hydrogen-bond donors (Lipinski definition) is 3. The molecular weight excluding hydrogens is 290 g/mol. The molecule has 0 aliphatic heterocycles. The molecule has 7 heteroatoms. The maximum absolute atomic E-state index is 11.9. The second-order valence-electron chi connectivity index (χ2n) is 5.76. The molecule has 0 aromatic carbocycles. The lowest BCUT2D eigenvalue weighted by Gasteiger charge is -2.16. The SMILES string of the molecule is CC(Nc1nc2c(s1)CCCC2C(=O)O)C(=O)NC1CC1. The number of fused-ring (bicyclic) bond motifs is 1. The number of carboxylic acids is 1. The normalized spacial score (nSPS) is 22.2. The largest absolute Gasteiger partial charge is 0.481 e. The maximum Gasteiger partial charge on any atom is 0.312 e. The molecule has 2 aliphatic rings. The van der Waals surface area contributed by atoms with Crippen LogP contribution in [0.5, 0.6) is 0 Å². The zero-order chi connectivity index (χ0) is 15.0. The maximum atomic E-state index is 11.9. The van der Waals surface area contributed by atoms with Crippen molar-refractivity contribution in [1.29, 1.82) is 0 Å². The van der Waals surface area contributed by atoms with Crippen LogP contribution in [-0.4, -0.2) is 34.1 Å². The standard InChI is InChI=1S/C14H19N3O3S/c1-7(12(18)16-8-5-6-8)15-14-17-11-9(13(19)20)3-2-4-10(11)21-14/h7-9H,2-6H2,1H3,(H,15,17)(H,16,18)(H,19,20). The monoisotopic (exact) mass is 309 g/mol. The first kappa shape index (κ1) is 14.3. The Morgan fingerprint density at radius 3 is 2.81 bits per heavy atom. The average molecular weight is 309 g/mol. The highest BCUT2D eigenvalue weighted by Gasteiger charge is 2.31. The highest BCUT2D eigenvalue weighted by Crippen LogP contribution is 2.37. The molecule has 2 unspecified atom stereocenters. The van der Waals surface area contributed by atoms with Crippen LogP contribution in [0, 0.1) is 0 Å². The van der Waals surface area contributed by atoms with E-state index >= 15 is 0 Å². The van der Waals surface area contributed by atoms with Crippen LogP contribution in [0.25, 0.3) is 0 Å². The Bertz CT molecular complexity index is 568. The van der Waals surface area contributed by atoms with Gasteiger partial charge in [-0.2, -0.15) is 0 Å². The van der Waals surface area contributed by atoms with Crippen molar-refractivity contribution in [3.8, 4) is 0 Å². The number of thiazole rings is 1. The van der Waals surface area contributed by atoms with E-state index in [1.807, 2.05) is 0 Å². The van der Waals surface area contributed by atoms with Crippen molar-refractivity contribution in [3.63, 3.8) is 0 Å². The Kier molecular flexibility index (Phi) is 3.84. The smallest absolute Gasteiger partial charge is 0.312 e. The summed E-state index contributed by atoms with van der Waals surface area (Å²) < 4.78 is 0. The molecule has 0 saturated heterocycles. The van der Waals surface area contributed by atoms with Crippen LogP contribution < -0.4 is 10.6 Å². The molecule has 114 valence electrons. The van der Waals surface area contributed by atoms with E-state index in [1.54, 1.807) is 6.92 Å². The van der Waals surface area contributed by atoms with E-state index in [9.17, 15) is 14.7 Å². The number of aryl methyl sites for hydroxylation is 1.